The van der Waals surface area contributed by atoms with E-state index in [9.17, 15) is 0 Å². The van der Waals surface area contributed by atoms with Crippen molar-refractivity contribution >= 4 is 0 Å². The Kier molecular flexibility index (Phi) is 5.57. The predicted octanol–water partition coefficient (Wildman–Crippen LogP) is 2.81. The van der Waals surface area contributed by atoms with Crippen LogP contribution in [0.2, 0.25) is 0 Å². The number of hydrogen-bond donors (Lipinski definition) is 1. The smallest absolute Gasteiger partial charge is 0.00436 e. The molecule has 0 aromatic rings. The summed E-state index contributed by atoms with van der Waals surface area (Å²) in [6.07, 6.45) is 2.51. The molecule has 11 heavy (non-hydrogen) atoms. The van der Waals surface area contributed by atoms with E-state index in [0.29, 0.717) is 12.1 Å². The van der Waals surface area contributed by atoms with Gasteiger partial charge in [-0.2, -0.15) is 0 Å². The summed E-state index contributed by atoms with van der Waals surface area (Å²) in [4.78, 5) is 0. The molecule has 0 saturated carbocycles. The molecule has 0 fully saturated rings. The van der Waals surface area contributed by atoms with Crippen molar-refractivity contribution in [3.8, 4) is 0 Å². The Morgan fingerprint density at radius 2 is 1.55 bits per heavy atom. The van der Waals surface area contributed by atoms with E-state index in [4.69, 9.17) is 0 Å². The van der Waals surface area contributed by atoms with Crippen molar-refractivity contribution in [3.05, 3.63) is 0 Å². The van der Waals surface area contributed by atoms with Gasteiger partial charge in [-0.3, -0.25) is 0 Å². The van der Waals surface area contributed by atoms with Gasteiger partial charge in [-0.15, -0.1) is 0 Å². The second kappa shape index (κ2) is 5.59. The third-order valence-corrected chi connectivity index (χ3v) is 2.01. The van der Waals surface area contributed by atoms with Gasteiger partial charge in [0.15, 0.2) is 0 Å². The minimum atomic E-state index is 0.670. The zero-order chi connectivity index (χ0) is 8.85. The zero-order valence-electron chi connectivity index (χ0n) is 8.65. The molecule has 2 atom stereocenters. The van der Waals surface area contributed by atoms with Crippen molar-refractivity contribution in [2.45, 2.75) is 59.5 Å². The Hall–Kier alpha value is -0.0400. The lowest BCUT2D eigenvalue weighted by Crippen LogP contribution is -2.34. The Morgan fingerprint density at radius 3 is 1.91 bits per heavy atom. The molecule has 0 heterocycles. The standard InChI is InChI=1S/C10H23N/c1-6-9(4)11-10(5)7-8(2)3/h8-11H,6-7H2,1-5H3/t9?,10-/m0/s1. The average molecular weight is 157 g/mol. The van der Waals surface area contributed by atoms with Crippen molar-refractivity contribution in [2.24, 2.45) is 5.92 Å². The van der Waals surface area contributed by atoms with E-state index < -0.39 is 0 Å². The highest BCUT2D eigenvalue weighted by Crippen LogP contribution is 2.04. The van der Waals surface area contributed by atoms with Gasteiger partial charge in [0, 0.05) is 12.1 Å². The molecule has 1 nitrogen and oxygen atoms in total. The highest BCUT2D eigenvalue weighted by molar-refractivity contribution is 4.67. The average Bonchev–Trinajstić information content (AvgIpc) is 1.85. The lowest BCUT2D eigenvalue weighted by Gasteiger charge is -2.20. The monoisotopic (exact) mass is 157 g/mol. The molecule has 68 valence electrons. The van der Waals surface area contributed by atoms with Crippen molar-refractivity contribution in [1.82, 2.24) is 5.32 Å². The van der Waals surface area contributed by atoms with E-state index in [0.717, 1.165) is 5.92 Å². The van der Waals surface area contributed by atoms with Crippen molar-refractivity contribution < 1.29 is 0 Å². The van der Waals surface area contributed by atoms with Gasteiger partial charge in [-0.25, -0.2) is 0 Å². The molecule has 1 heteroatoms. The van der Waals surface area contributed by atoms with Gasteiger partial charge < -0.3 is 5.32 Å². The maximum atomic E-state index is 3.56. The van der Waals surface area contributed by atoms with E-state index in [2.05, 4.69) is 39.9 Å². The van der Waals surface area contributed by atoms with Gasteiger partial charge in [0.05, 0.1) is 0 Å². The summed E-state index contributed by atoms with van der Waals surface area (Å²) < 4.78 is 0. The molecular formula is C10H23N. The van der Waals surface area contributed by atoms with Crippen LogP contribution in [-0.4, -0.2) is 12.1 Å². The molecule has 0 radical (unpaired) electrons. The molecule has 0 aromatic carbocycles. The maximum Gasteiger partial charge on any atom is 0.00436 e. The molecule has 0 aromatic heterocycles. The first-order valence-electron chi connectivity index (χ1n) is 4.82. The van der Waals surface area contributed by atoms with Crippen LogP contribution in [0.5, 0.6) is 0 Å². The van der Waals surface area contributed by atoms with E-state index in [-0.39, 0.29) is 0 Å². The number of hydrogen-bond acceptors (Lipinski definition) is 1. The molecular weight excluding hydrogens is 134 g/mol. The van der Waals surface area contributed by atoms with Crippen LogP contribution in [-0.2, 0) is 0 Å². The predicted molar refractivity (Wildman–Crippen MR) is 51.8 cm³/mol. The summed E-state index contributed by atoms with van der Waals surface area (Å²) in [5.74, 6) is 0.807. The second-order valence-electron chi connectivity index (χ2n) is 4.01. The summed E-state index contributed by atoms with van der Waals surface area (Å²) in [7, 11) is 0. The van der Waals surface area contributed by atoms with Gasteiger partial charge in [0.1, 0.15) is 0 Å². The van der Waals surface area contributed by atoms with Crippen LogP contribution in [0, 0.1) is 5.92 Å². The fourth-order valence-corrected chi connectivity index (χ4v) is 1.38. The van der Waals surface area contributed by atoms with E-state index >= 15 is 0 Å². The Balaban J connectivity index is 3.43. The first-order chi connectivity index (χ1) is 5.06. The molecule has 0 aliphatic rings. The van der Waals surface area contributed by atoms with E-state index in [1.807, 2.05) is 0 Å². The van der Waals surface area contributed by atoms with Crippen LogP contribution in [0.3, 0.4) is 0 Å². The largest absolute Gasteiger partial charge is 0.312 e. The Bertz CT molecular complexity index is 88.9. The molecule has 0 aliphatic heterocycles. The highest BCUT2D eigenvalue weighted by Gasteiger charge is 2.06. The Morgan fingerprint density at radius 1 is 1.00 bits per heavy atom. The van der Waals surface area contributed by atoms with Crippen LogP contribution >= 0.6 is 0 Å². The van der Waals surface area contributed by atoms with Gasteiger partial charge in [-0.1, -0.05) is 20.8 Å². The number of rotatable bonds is 5. The van der Waals surface area contributed by atoms with Crippen molar-refractivity contribution in [1.29, 1.82) is 0 Å². The highest BCUT2D eigenvalue weighted by atomic mass is 14.9. The third kappa shape index (κ3) is 6.36. The van der Waals surface area contributed by atoms with E-state index in [1.54, 1.807) is 0 Å². The maximum absolute atomic E-state index is 3.56. The van der Waals surface area contributed by atoms with Crippen LogP contribution in [0.15, 0.2) is 0 Å². The minimum absolute atomic E-state index is 0.670. The van der Waals surface area contributed by atoms with Gasteiger partial charge in [0.25, 0.3) is 0 Å². The van der Waals surface area contributed by atoms with Crippen molar-refractivity contribution in [3.63, 3.8) is 0 Å². The third-order valence-electron chi connectivity index (χ3n) is 2.01. The lowest BCUT2D eigenvalue weighted by molar-refractivity contribution is 0.396. The van der Waals surface area contributed by atoms with Crippen LogP contribution in [0.4, 0.5) is 0 Å². The summed E-state index contributed by atoms with van der Waals surface area (Å²) in [6, 6.07) is 1.34. The fraction of sp³-hybridized carbons (Fsp3) is 1.00. The molecule has 1 N–H and O–H groups in total. The summed E-state index contributed by atoms with van der Waals surface area (Å²) in [6.45, 7) is 11.3. The minimum Gasteiger partial charge on any atom is -0.312 e. The normalized spacial score (nSPS) is 16.9. The van der Waals surface area contributed by atoms with Crippen molar-refractivity contribution in [2.75, 3.05) is 0 Å². The first kappa shape index (κ1) is 11.0. The van der Waals surface area contributed by atoms with Gasteiger partial charge in [-0.05, 0) is 32.6 Å². The van der Waals surface area contributed by atoms with Gasteiger partial charge >= 0.3 is 0 Å². The topological polar surface area (TPSA) is 12.0 Å². The zero-order valence-corrected chi connectivity index (χ0v) is 8.65. The quantitative estimate of drug-likeness (QED) is 0.647. The first-order valence-corrected chi connectivity index (χ1v) is 4.82. The van der Waals surface area contributed by atoms with Crippen LogP contribution in [0.1, 0.15) is 47.5 Å². The second-order valence-corrected chi connectivity index (χ2v) is 4.01. The Labute approximate surface area is 71.6 Å². The lowest BCUT2D eigenvalue weighted by atomic mass is 10.0. The molecule has 0 aliphatic carbocycles. The molecule has 0 rings (SSSR count). The summed E-state index contributed by atoms with van der Waals surface area (Å²) in [5.41, 5.74) is 0. The van der Waals surface area contributed by atoms with Crippen LogP contribution < -0.4 is 5.32 Å². The fourth-order valence-electron chi connectivity index (χ4n) is 1.38. The van der Waals surface area contributed by atoms with Crippen LogP contribution in [0.25, 0.3) is 0 Å². The number of nitrogens with one attached hydrogen (secondary N) is 1. The summed E-state index contributed by atoms with van der Waals surface area (Å²) in [5, 5.41) is 3.56. The summed E-state index contributed by atoms with van der Waals surface area (Å²) >= 11 is 0. The molecule has 0 saturated heterocycles. The molecule has 0 amide bonds. The molecule has 1 unspecified atom stereocenters. The van der Waals surface area contributed by atoms with E-state index in [1.165, 1.54) is 12.8 Å². The SMILES string of the molecule is CCC(C)N[C@@H](C)CC(C)C. The molecule has 0 spiro atoms. The van der Waals surface area contributed by atoms with Gasteiger partial charge in [0.2, 0.25) is 0 Å². The molecule has 0 bridgehead atoms.